The molecule has 0 radical (unpaired) electrons. The highest BCUT2D eigenvalue weighted by molar-refractivity contribution is 7.89. The van der Waals surface area contributed by atoms with Gasteiger partial charge >= 0.3 is 0 Å². The molecule has 2 aromatic rings. The van der Waals surface area contributed by atoms with Crippen LogP contribution in [0.2, 0.25) is 0 Å². The van der Waals surface area contributed by atoms with Crippen molar-refractivity contribution in [3.8, 4) is 5.75 Å². The van der Waals surface area contributed by atoms with Gasteiger partial charge in [0.05, 0.1) is 11.5 Å². The molecule has 2 aliphatic heterocycles. The van der Waals surface area contributed by atoms with E-state index in [4.69, 9.17) is 4.74 Å². The number of aromatic amines is 1. The van der Waals surface area contributed by atoms with Gasteiger partial charge in [0.1, 0.15) is 12.1 Å². The second-order valence-corrected chi connectivity index (χ2v) is 7.51. The van der Waals surface area contributed by atoms with Crippen LogP contribution >= 0.6 is 0 Å². The van der Waals surface area contributed by atoms with Crippen molar-refractivity contribution in [1.29, 1.82) is 0 Å². The van der Waals surface area contributed by atoms with Crippen molar-refractivity contribution in [2.45, 2.75) is 11.3 Å². The molecule has 0 saturated carbocycles. The van der Waals surface area contributed by atoms with Crippen molar-refractivity contribution in [3.05, 3.63) is 30.1 Å². The average molecular weight is 335 g/mol. The fourth-order valence-corrected chi connectivity index (χ4v) is 4.44. The number of benzene rings is 1. The lowest BCUT2D eigenvalue weighted by atomic mass is 10.2. The summed E-state index contributed by atoms with van der Waals surface area (Å²) in [6.45, 7) is 2.65. The summed E-state index contributed by atoms with van der Waals surface area (Å²) < 4.78 is 32.6. The van der Waals surface area contributed by atoms with Crippen LogP contribution in [0.3, 0.4) is 0 Å². The van der Waals surface area contributed by atoms with Crippen LogP contribution in [0.25, 0.3) is 0 Å². The second-order valence-electron chi connectivity index (χ2n) is 5.57. The van der Waals surface area contributed by atoms with Crippen LogP contribution in [-0.4, -0.2) is 60.7 Å². The molecule has 0 spiro atoms. The van der Waals surface area contributed by atoms with E-state index in [9.17, 15) is 8.42 Å². The number of aromatic nitrogens is 3. The summed E-state index contributed by atoms with van der Waals surface area (Å²) in [5, 5.41) is 6.63. The Labute approximate surface area is 134 Å². The molecule has 23 heavy (non-hydrogen) atoms. The van der Waals surface area contributed by atoms with Crippen molar-refractivity contribution >= 4 is 16.0 Å². The van der Waals surface area contributed by atoms with E-state index in [-0.39, 0.29) is 0 Å². The topological polar surface area (TPSA) is 91.4 Å². The quantitative estimate of drug-likeness (QED) is 0.865. The lowest BCUT2D eigenvalue weighted by Gasteiger charge is -2.33. The van der Waals surface area contributed by atoms with Gasteiger partial charge in [-0.05, 0) is 23.8 Å². The molecule has 0 unspecified atom stereocenters. The van der Waals surface area contributed by atoms with Gasteiger partial charge in [0, 0.05) is 32.6 Å². The molecule has 0 aliphatic carbocycles. The number of ether oxygens (including phenoxy) is 1. The Morgan fingerprint density at radius 1 is 1.17 bits per heavy atom. The zero-order valence-corrected chi connectivity index (χ0v) is 13.3. The van der Waals surface area contributed by atoms with Crippen LogP contribution in [0.15, 0.2) is 29.4 Å². The van der Waals surface area contributed by atoms with E-state index in [1.54, 1.807) is 18.2 Å². The zero-order valence-electron chi connectivity index (χ0n) is 12.5. The largest absolute Gasteiger partial charge is 0.493 e. The number of H-pyrrole nitrogens is 1. The Hall–Kier alpha value is -2.13. The Morgan fingerprint density at radius 3 is 2.74 bits per heavy atom. The van der Waals surface area contributed by atoms with Crippen molar-refractivity contribution in [2.24, 2.45) is 0 Å². The van der Waals surface area contributed by atoms with Crippen LogP contribution in [0.1, 0.15) is 5.56 Å². The molecule has 1 fully saturated rings. The Morgan fingerprint density at radius 2 is 2.00 bits per heavy atom. The Bertz CT molecular complexity index is 798. The maximum atomic E-state index is 12.8. The lowest BCUT2D eigenvalue weighted by Crippen LogP contribution is -2.49. The molecular weight excluding hydrogens is 318 g/mol. The van der Waals surface area contributed by atoms with E-state index < -0.39 is 10.0 Å². The van der Waals surface area contributed by atoms with E-state index in [0.717, 1.165) is 17.7 Å². The monoisotopic (exact) mass is 335 g/mol. The number of rotatable bonds is 3. The molecule has 122 valence electrons. The second kappa shape index (κ2) is 5.50. The first kappa shape index (κ1) is 14.5. The molecular formula is C14H17N5O3S. The molecule has 8 nitrogen and oxygen atoms in total. The molecule has 0 bridgehead atoms. The number of hydrogen-bond donors (Lipinski definition) is 1. The first-order valence-electron chi connectivity index (χ1n) is 7.51. The smallest absolute Gasteiger partial charge is 0.243 e. The Kier molecular flexibility index (Phi) is 3.46. The first-order valence-corrected chi connectivity index (χ1v) is 8.95. The van der Waals surface area contributed by atoms with Gasteiger partial charge in [-0.3, -0.25) is 0 Å². The van der Waals surface area contributed by atoms with E-state index in [0.29, 0.717) is 43.6 Å². The van der Waals surface area contributed by atoms with Crippen LogP contribution in [0.4, 0.5) is 5.95 Å². The van der Waals surface area contributed by atoms with Crippen molar-refractivity contribution < 1.29 is 13.2 Å². The number of hydrogen-bond acceptors (Lipinski definition) is 6. The van der Waals surface area contributed by atoms with E-state index in [1.165, 1.54) is 10.6 Å². The van der Waals surface area contributed by atoms with Gasteiger partial charge in [-0.25, -0.2) is 13.5 Å². The van der Waals surface area contributed by atoms with Crippen molar-refractivity contribution in [3.63, 3.8) is 0 Å². The van der Waals surface area contributed by atoms with Gasteiger partial charge < -0.3 is 9.64 Å². The molecule has 1 aromatic heterocycles. The van der Waals surface area contributed by atoms with Gasteiger partial charge in [-0.15, -0.1) is 0 Å². The molecule has 1 aromatic carbocycles. The average Bonchev–Trinajstić information content (AvgIpc) is 3.25. The maximum absolute atomic E-state index is 12.8. The van der Waals surface area contributed by atoms with E-state index >= 15 is 0 Å². The molecule has 1 N–H and O–H groups in total. The minimum atomic E-state index is -3.47. The summed E-state index contributed by atoms with van der Waals surface area (Å²) in [6, 6.07) is 5.11. The fraction of sp³-hybridized carbons (Fsp3) is 0.429. The minimum absolute atomic E-state index is 0.342. The first-order chi connectivity index (χ1) is 11.1. The van der Waals surface area contributed by atoms with E-state index in [1.807, 2.05) is 4.90 Å². The van der Waals surface area contributed by atoms with Crippen molar-refractivity contribution in [2.75, 3.05) is 37.7 Å². The van der Waals surface area contributed by atoms with Crippen LogP contribution in [0, 0.1) is 0 Å². The van der Waals surface area contributed by atoms with Crippen LogP contribution in [0.5, 0.6) is 5.75 Å². The molecule has 3 heterocycles. The highest BCUT2D eigenvalue weighted by Gasteiger charge is 2.30. The summed E-state index contributed by atoms with van der Waals surface area (Å²) in [7, 11) is -3.47. The predicted octanol–water partition coefficient (Wildman–Crippen LogP) is 0.251. The minimum Gasteiger partial charge on any atom is -0.493 e. The number of anilines is 1. The van der Waals surface area contributed by atoms with Crippen molar-refractivity contribution in [1.82, 2.24) is 19.5 Å². The summed E-state index contributed by atoms with van der Waals surface area (Å²) >= 11 is 0. The molecule has 9 heteroatoms. The summed E-state index contributed by atoms with van der Waals surface area (Å²) in [6.07, 6.45) is 2.21. The number of piperazine rings is 1. The number of nitrogens with zero attached hydrogens (tertiary/aromatic N) is 4. The highest BCUT2D eigenvalue weighted by atomic mass is 32.2. The third kappa shape index (κ3) is 2.55. The number of sulfonamides is 1. The third-order valence-electron chi connectivity index (χ3n) is 4.24. The fourth-order valence-electron chi connectivity index (χ4n) is 2.96. The molecule has 1 saturated heterocycles. The van der Waals surface area contributed by atoms with Gasteiger partial charge in [-0.1, -0.05) is 0 Å². The normalized spacial score (nSPS) is 18.7. The van der Waals surface area contributed by atoms with Gasteiger partial charge in [-0.2, -0.15) is 14.4 Å². The summed E-state index contributed by atoms with van der Waals surface area (Å²) in [4.78, 5) is 6.44. The SMILES string of the molecule is O=S(=O)(c1ccc2c(c1)CCO2)N1CCN(c2ncn[nH]2)CC1. The van der Waals surface area contributed by atoms with Gasteiger partial charge in [0.2, 0.25) is 16.0 Å². The van der Waals surface area contributed by atoms with Crippen LogP contribution < -0.4 is 9.64 Å². The Balaban J connectivity index is 1.51. The lowest BCUT2D eigenvalue weighted by molar-refractivity contribution is 0.356. The number of nitrogens with one attached hydrogen (secondary N) is 1. The number of fused-ring (bicyclic) bond motifs is 1. The highest BCUT2D eigenvalue weighted by Crippen LogP contribution is 2.29. The summed E-state index contributed by atoms with van der Waals surface area (Å²) in [5.41, 5.74) is 0.964. The zero-order chi connectivity index (χ0) is 15.9. The molecule has 4 rings (SSSR count). The van der Waals surface area contributed by atoms with E-state index in [2.05, 4.69) is 15.2 Å². The predicted molar refractivity (Wildman–Crippen MR) is 83.0 cm³/mol. The van der Waals surface area contributed by atoms with Gasteiger partial charge in [0.15, 0.2) is 0 Å². The summed E-state index contributed by atoms with van der Waals surface area (Å²) in [5.74, 6) is 1.47. The molecule has 0 amide bonds. The van der Waals surface area contributed by atoms with Gasteiger partial charge in [0.25, 0.3) is 0 Å². The molecule has 2 aliphatic rings. The maximum Gasteiger partial charge on any atom is 0.243 e. The molecule has 0 atom stereocenters. The standard InChI is InChI=1S/C14H17N5O3S/c20-23(21,12-1-2-13-11(9-12)3-8-22-13)19-6-4-18(5-7-19)14-15-10-16-17-14/h1-2,9-10H,3-8H2,(H,15,16,17). The third-order valence-corrected chi connectivity index (χ3v) is 6.13. The van der Waals surface area contributed by atoms with Crippen LogP contribution in [-0.2, 0) is 16.4 Å².